The molecular formula is C15H17N3O2. The molecule has 2 aromatic rings. The summed E-state index contributed by atoms with van der Waals surface area (Å²) in [6, 6.07) is 8.55. The minimum atomic E-state index is -0.629. The topological polar surface area (TPSA) is 77.2 Å². The van der Waals surface area contributed by atoms with Crippen LogP contribution in [0.2, 0.25) is 0 Å². The van der Waals surface area contributed by atoms with Crippen LogP contribution in [0.25, 0.3) is 0 Å². The van der Waals surface area contributed by atoms with E-state index in [-0.39, 0.29) is 0 Å². The maximum Gasteiger partial charge on any atom is 0.244 e. The van der Waals surface area contributed by atoms with Crippen molar-refractivity contribution in [2.24, 2.45) is 5.73 Å². The third kappa shape index (κ3) is 3.06. The van der Waals surface area contributed by atoms with Crippen molar-refractivity contribution in [3.05, 3.63) is 53.9 Å². The molecule has 5 nitrogen and oxygen atoms in total. The Kier molecular flexibility index (Phi) is 4.20. The molecule has 104 valence electrons. The lowest BCUT2D eigenvalue weighted by molar-refractivity contribution is -0.118. The number of methoxy groups -OCH3 is 1. The zero-order valence-corrected chi connectivity index (χ0v) is 11.5. The van der Waals surface area contributed by atoms with E-state index in [0.717, 1.165) is 16.8 Å². The lowest BCUT2D eigenvalue weighted by atomic mass is 10.0. The van der Waals surface area contributed by atoms with Crippen LogP contribution in [-0.4, -0.2) is 18.0 Å². The first-order valence-electron chi connectivity index (χ1n) is 6.22. The van der Waals surface area contributed by atoms with Crippen LogP contribution < -0.4 is 15.8 Å². The summed E-state index contributed by atoms with van der Waals surface area (Å²) in [4.78, 5) is 15.8. The Morgan fingerprint density at radius 3 is 2.85 bits per heavy atom. The molecule has 1 heterocycles. The number of nitrogens with two attached hydrogens (primary N) is 1. The molecule has 20 heavy (non-hydrogen) atoms. The van der Waals surface area contributed by atoms with Gasteiger partial charge in [0.15, 0.2) is 0 Å². The number of ether oxygens (including phenoxy) is 1. The number of anilines is 1. The van der Waals surface area contributed by atoms with Gasteiger partial charge in [-0.3, -0.25) is 9.78 Å². The second-order valence-corrected chi connectivity index (χ2v) is 4.44. The maximum atomic E-state index is 11.7. The molecule has 3 N–H and O–H groups in total. The first-order chi connectivity index (χ1) is 9.61. The Hall–Kier alpha value is -2.56. The Labute approximate surface area is 117 Å². The highest BCUT2D eigenvalue weighted by Crippen LogP contribution is 2.24. The SMILES string of the molecule is COc1cccc(NC(C(N)=O)c2cnccc2C)c1. The number of carbonyl (C=O) groups excluding carboxylic acids is 1. The fourth-order valence-corrected chi connectivity index (χ4v) is 1.96. The van der Waals surface area contributed by atoms with Crippen molar-refractivity contribution in [2.45, 2.75) is 13.0 Å². The van der Waals surface area contributed by atoms with Crippen LogP contribution in [0.5, 0.6) is 5.75 Å². The van der Waals surface area contributed by atoms with Gasteiger partial charge in [0.2, 0.25) is 5.91 Å². The minimum absolute atomic E-state index is 0.455. The normalized spacial score (nSPS) is 11.7. The van der Waals surface area contributed by atoms with E-state index >= 15 is 0 Å². The van der Waals surface area contributed by atoms with Gasteiger partial charge in [0.25, 0.3) is 0 Å². The van der Waals surface area contributed by atoms with E-state index < -0.39 is 11.9 Å². The molecule has 0 saturated heterocycles. The van der Waals surface area contributed by atoms with Crippen LogP contribution in [0, 0.1) is 6.92 Å². The van der Waals surface area contributed by atoms with E-state index in [2.05, 4.69) is 10.3 Å². The van der Waals surface area contributed by atoms with Crippen LogP contribution in [0.4, 0.5) is 5.69 Å². The predicted molar refractivity (Wildman–Crippen MR) is 77.5 cm³/mol. The molecule has 1 atom stereocenters. The monoisotopic (exact) mass is 271 g/mol. The zero-order valence-electron chi connectivity index (χ0n) is 11.5. The maximum absolute atomic E-state index is 11.7. The summed E-state index contributed by atoms with van der Waals surface area (Å²) < 4.78 is 5.16. The van der Waals surface area contributed by atoms with Crippen molar-refractivity contribution in [2.75, 3.05) is 12.4 Å². The number of benzene rings is 1. The molecule has 0 fully saturated rings. The van der Waals surface area contributed by atoms with Crippen molar-refractivity contribution in [1.82, 2.24) is 4.98 Å². The first-order valence-corrected chi connectivity index (χ1v) is 6.22. The quantitative estimate of drug-likeness (QED) is 0.872. The van der Waals surface area contributed by atoms with E-state index in [1.54, 1.807) is 19.5 Å². The molecule has 0 aliphatic carbocycles. The van der Waals surface area contributed by atoms with Gasteiger partial charge in [-0.25, -0.2) is 0 Å². The predicted octanol–water partition coefficient (Wildman–Crippen LogP) is 2.04. The molecule has 0 saturated carbocycles. The van der Waals surface area contributed by atoms with Crippen molar-refractivity contribution >= 4 is 11.6 Å². The van der Waals surface area contributed by atoms with Crippen LogP contribution in [0.15, 0.2) is 42.7 Å². The molecule has 0 bridgehead atoms. The number of pyridine rings is 1. The number of amides is 1. The minimum Gasteiger partial charge on any atom is -0.497 e. The number of aryl methyl sites for hydroxylation is 1. The summed E-state index contributed by atoms with van der Waals surface area (Å²) in [5, 5.41) is 3.12. The Balaban J connectivity index is 2.31. The molecule has 1 amide bonds. The lowest BCUT2D eigenvalue weighted by Gasteiger charge is -2.19. The van der Waals surface area contributed by atoms with Crippen molar-refractivity contribution in [3.8, 4) is 5.75 Å². The number of rotatable bonds is 5. The van der Waals surface area contributed by atoms with Crippen molar-refractivity contribution in [3.63, 3.8) is 0 Å². The van der Waals surface area contributed by atoms with E-state index in [4.69, 9.17) is 10.5 Å². The second kappa shape index (κ2) is 6.06. The van der Waals surface area contributed by atoms with Gasteiger partial charge in [-0.05, 0) is 30.7 Å². The number of hydrogen-bond acceptors (Lipinski definition) is 4. The average Bonchev–Trinajstić information content (AvgIpc) is 2.45. The Morgan fingerprint density at radius 2 is 2.20 bits per heavy atom. The average molecular weight is 271 g/mol. The van der Waals surface area contributed by atoms with Gasteiger partial charge in [0, 0.05) is 29.7 Å². The van der Waals surface area contributed by atoms with Gasteiger partial charge in [0.1, 0.15) is 11.8 Å². The number of carbonyl (C=O) groups is 1. The summed E-state index contributed by atoms with van der Waals surface area (Å²) in [6.45, 7) is 1.92. The number of hydrogen-bond donors (Lipinski definition) is 2. The molecule has 1 unspecified atom stereocenters. The van der Waals surface area contributed by atoms with Crippen LogP contribution in [0.3, 0.4) is 0 Å². The fourth-order valence-electron chi connectivity index (χ4n) is 1.96. The van der Waals surface area contributed by atoms with Crippen LogP contribution in [0.1, 0.15) is 17.2 Å². The first kappa shape index (κ1) is 13.9. The molecule has 1 aromatic carbocycles. The zero-order chi connectivity index (χ0) is 14.5. The number of nitrogens with one attached hydrogen (secondary N) is 1. The molecule has 0 spiro atoms. The van der Waals surface area contributed by atoms with Gasteiger partial charge >= 0.3 is 0 Å². The standard InChI is InChI=1S/C15H17N3O2/c1-10-6-7-17-9-13(10)14(15(16)19)18-11-4-3-5-12(8-11)20-2/h3-9,14,18H,1-2H3,(H2,16,19). The summed E-state index contributed by atoms with van der Waals surface area (Å²) >= 11 is 0. The van der Waals surface area contributed by atoms with E-state index in [1.807, 2.05) is 37.3 Å². The molecule has 1 aromatic heterocycles. The smallest absolute Gasteiger partial charge is 0.244 e. The second-order valence-electron chi connectivity index (χ2n) is 4.44. The number of primary amides is 1. The Bertz CT molecular complexity index is 614. The third-order valence-corrected chi connectivity index (χ3v) is 3.06. The van der Waals surface area contributed by atoms with E-state index in [0.29, 0.717) is 5.75 Å². The third-order valence-electron chi connectivity index (χ3n) is 3.06. The molecule has 5 heteroatoms. The summed E-state index contributed by atoms with van der Waals surface area (Å²) in [6.07, 6.45) is 3.33. The van der Waals surface area contributed by atoms with E-state index in [1.165, 1.54) is 0 Å². The fraction of sp³-hybridized carbons (Fsp3) is 0.200. The highest BCUT2D eigenvalue weighted by Gasteiger charge is 2.19. The summed E-state index contributed by atoms with van der Waals surface area (Å²) in [5.41, 5.74) is 7.98. The molecule has 0 radical (unpaired) electrons. The highest BCUT2D eigenvalue weighted by molar-refractivity contribution is 5.84. The number of nitrogens with zero attached hydrogens (tertiary/aromatic N) is 1. The highest BCUT2D eigenvalue weighted by atomic mass is 16.5. The summed E-state index contributed by atoms with van der Waals surface area (Å²) in [7, 11) is 1.59. The molecule has 0 aliphatic rings. The number of aromatic nitrogens is 1. The van der Waals surface area contributed by atoms with Crippen molar-refractivity contribution in [1.29, 1.82) is 0 Å². The van der Waals surface area contributed by atoms with E-state index in [9.17, 15) is 4.79 Å². The largest absolute Gasteiger partial charge is 0.497 e. The van der Waals surface area contributed by atoms with Gasteiger partial charge in [0.05, 0.1) is 7.11 Å². The van der Waals surface area contributed by atoms with Crippen LogP contribution >= 0.6 is 0 Å². The van der Waals surface area contributed by atoms with Crippen molar-refractivity contribution < 1.29 is 9.53 Å². The molecular weight excluding hydrogens is 254 g/mol. The van der Waals surface area contributed by atoms with Gasteiger partial charge in [-0.1, -0.05) is 6.07 Å². The van der Waals surface area contributed by atoms with Crippen LogP contribution in [-0.2, 0) is 4.79 Å². The van der Waals surface area contributed by atoms with Gasteiger partial charge in [-0.15, -0.1) is 0 Å². The molecule has 0 aliphatic heterocycles. The van der Waals surface area contributed by atoms with Gasteiger partial charge in [-0.2, -0.15) is 0 Å². The Morgan fingerprint density at radius 1 is 1.40 bits per heavy atom. The molecule has 2 rings (SSSR count). The lowest BCUT2D eigenvalue weighted by Crippen LogP contribution is -2.28. The summed E-state index contributed by atoms with van der Waals surface area (Å²) in [5.74, 6) is 0.255. The van der Waals surface area contributed by atoms with Gasteiger partial charge < -0.3 is 15.8 Å².